The summed E-state index contributed by atoms with van der Waals surface area (Å²) in [5.41, 5.74) is -0.111. The summed E-state index contributed by atoms with van der Waals surface area (Å²) >= 11 is 6.01. The fourth-order valence-electron chi connectivity index (χ4n) is 4.06. The average molecular weight is 529 g/mol. The first-order valence-electron chi connectivity index (χ1n) is 11.6. The predicted octanol–water partition coefficient (Wildman–Crippen LogP) is 3.97. The molecule has 38 heavy (non-hydrogen) atoms. The largest absolute Gasteiger partial charge is 0.467 e. The standard InChI is InChI=1S/C28H21ClN4O5/c29-19-6-4-7-20(15-19)31-25(34)17-32-24-14-18(26(35)30-16-22-10-5-13-38-22)11-12-23(24)27(36)33(28(32)37)21-8-2-1-3-9-21/h1-15H,16-17H2,(H,30,35)(H,31,34). The second-order valence-corrected chi connectivity index (χ2v) is 8.83. The Hall–Kier alpha value is -4.89. The van der Waals surface area contributed by atoms with Crippen LogP contribution in [0, 0.1) is 0 Å². The van der Waals surface area contributed by atoms with Crippen molar-refractivity contribution in [2.24, 2.45) is 0 Å². The summed E-state index contributed by atoms with van der Waals surface area (Å²) in [7, 11) is 0. The van der Waals surface area contributed by atoms with Crippen molar-refractivity contribution >= 4 is 40.0 Å². The Labute approximate surface area is 220 Å². The highest BCUT2D eigenvalue weighted by molar-refractivity contribution is 6.30. The van der Waals surface area contributed by atoms with E-state index in [9.17, 15) is 19.2 Å². The molecule has 0 bridgehead atoms. The molecule has 5 aromatic rings. The maximum atomic E-state index is 13.6. The molecule has 9 nitrogen and oxygen atoms in total. The molecule has 0 saturated heterocycles. The number of furan rings is 1. The zero-order valence-corrected chi connectivity index (χ0v) is 20.6. The van der Waals surface area contributed by atoms with Gasteiger partial charge >= 0.3 is 5.69 Å². The Morgan fingerprint density at radius 3 is 2.45 bits per heavy atom. The van der Waals surface area contributed by atoms with Gasteiger partial charge in [-0.2, -0.15) is 0 Å². The van der Waals surface area contributed by atoms with Gasteiger partial charge in [0.05, 0.1) is 29.4 Å². The van der Waals surface area contributed by atoms with Crippen molar-refractivity contribution in [3.63, 3.8) is 0 Å². The van der Waals surface area contributed by atoms with Gasteiger partial charge in [0, 0.05) is 16.3 Å². The number of fused-ring (bicyclic) bond motifs is 1. The van der Waals surface area contributed by atoms with E-state index in [2.05, 4.69) is 10.6 Å². The van der Waals surface area contributed by atoms with Crippen molar-refractivity contribution in [2.75, 3.05) is 5.32 Å². The monoisotopic (exact) mass is 528 g/mol. The van der Waals surface area contributed by atoms with E-state index in [1.165, 1.54) is 29.0 Å². The highest BCUT2D eigenvalue weighted by atomic mass is 35.5. The smallest absolute Gasteiger partial charge is 0.336 e. The number of rotatable bonds is 7. The minimum absolute atomic E-state index is 0.152. The number of amides is 2. The van der Waals surface area contributed by atoms with Crippen LogP contribution in [0.3, 0.4) is 0 Å². The first-order valence-corrected chi connectivity index (χ1v) is 12.0. The molecule has 0 atom stereocenters. The SMILES string of the molecule is O=C(Cn1c(=O)n(-c2ccccc2)c(=O)c2ccc(C(=O)NCc3ccco3)cc21)Nc1cccc(Cl)c1. The zero-order chi connectivity index (χ0) is 26.6. The molecule has 5 rings (SSSR count). The van der Waals surface area contributed by atoms with Crippen molar-refractivity contribution in [2.45, 2.75) is 13.1 Å². The van der Waals surface area contributed by atoms with Gasteiger partial charge < -0.3 is 15.1 Å². The zero-order valence-electron chi connectivity index (χ0n) is 19.9. The highest BCUT2D eigenvalue weighted by Gasteiger charge is 2.19. The van der Waals surface area contributed by atoms with Gasteiger partial charge in [-0.05, 0) is 60.7 Å². The van der Waals surface area contributed by atoms with Crippen LogP contribution in [0.1, 0.15) is 16.1 Å². The summed E-state index contributed by atoms with van der Waals surface area (Å²) in [6.07, 6.45) is 1.50. The average Bonchev–Trinajstić information content (AvgIpc) is 3.44. The van der Waals surface area contributed by atoms with E-state index in [1.54, 1.807) is 66.7 Å². The summed E-state index contributed by atoms with van der Waals surface area (Å²) in [6.45, 7) is -0.249. The second-order valence-electron chi connectivity index (χ2n) is 8.40. The van der Waals surface area contributed by atoms with Crippen molar-refractivity contribution in [3.05, 3.63) is 128 Å². The highest BCUT2D eigenvalue weighted by Crippen LogP contribution is 2.17. The van der Waals surface area contributed by atoms with Gasteiger partial charge in [-0.15, -0.1) is 0 Å². The summed E-state index contributed by atoms with van der Waals surface area (Å²) < 4.78 is 7.42. The van der Waals surface area contributed by atoms with Gasteiger partial charge in [-0.3, -0.25) is 19.0 Å². The molecule has 0 aliphatic carbocycles. The van der Waals surface area contributed by atoms with Crippen LogP contribution in [0.2, 0.25) is 5.02 Å². The number of halogens is 1. The van der Waals surface area contributed by atoms with Crippen LogP contribution in [0.25, 0.3) is 16.6 Å². The molecular weight excluding hydrogens is 508 g/mol. The van der Waals surface area contributed by atoms with Crippen LogP contribution < -0.4 is 21.9 Å². The second kappa shape index (κ2) is 10.6. The van der Waals surface area contributed by atoms with Gasteiger partial charge in [0.1, 0.15) is 12.3 Å². The van der Waals surface area contributed by atoms with E-state index in [0.717, 1.165) is 4.57 Å². The van der Waals surface area contributed by atoms with Gasteiger partial charge in [0.25, 0.3) is 11.5 Å². The number of benzene rings is 3. The molecule has 2 heterocycles. The van der Waals surface area contributed by atoms with Crippen molar-refractivity contribution in [1.82, 2.24) is 14.5 Å². The number of aromatic nitrogens is 2. The molecule has 0 radical (unpaired) electrons. The summed E-state index contributed by atoms with van der Waals surface area (Å²) in [5, 5.41) is 6.06. The number of hydrogen-bond acceptors (Lipinski definition) is 5. The fourth-order valence-corrected chi connectivity index (χ4v) is 4.25. The molecule has 0 unspecified atom stereocenters. The molecule has 190 valence electrons. The molecule has 0 spiro atoms. The molecule has 2 N–H and O–H groups in total. The maximum Gasteiger partial charge on any atom is 0.336 e. The fraction of sp³-hybridized carbons (Fsp3) is 0.0714. The van der Waals surface area contributed by atoms with Crippen molar-refractivity contribution < 1.29 is 14.0 Å². The first-order chi connectivity index (χ1) is 18.4. The number of nitrogens with zero attached hydrogens (tertiary/aromatic N) is 2. The molecule has 0 aliphatic rings. The van der Waals surface area contributed by atoms with Crippen LogP contribution in [0.15, 0.2) is 105 Å². The van der Waals surface area contributed by atoms with Gasteiger partial charge in [-0.1, -0.05) is 35.9 Å². The molecule has 10 heteroatoms. The molecule has 0 aliphatic heterocycles. The van der Waals surface area contributed by atoms with E-state index >= 15 is 0 Å². The third-order valence-electron chi connectivity index (χ3n) is 5.83. The van der Waals surface area contributed by atoms with Crippen LogP contribution >= 0.6 is 11.6 Å². The van der Waals surface area contributed by atoms with E-state index < -0.39 is 29.6 Å². The van der Waals surface area contributed by atoms with Crippen molar-refractivity contribution in [3.8, 4) is 5.69 Å². The normalized spacial score (nSPS) is 10.9. The van der Waals surface area contributed by atoms with E-state index in [-0.39, 0.29) is 23.0 Å². The van der Waals surface area contributed by atoms with Crippen LogP contribution in [-0.2, 0) is 17.9 Å². The molecule has 0 fully saturated rings. The summed E-state index contributed by atoms with van der Waals surface area (Å²) in [5.74, 6) is -0.376. The lowest BCUT2D eigenvalue weighted by Gasteiger charge is -2.15. The molecule has 3 aromatic carbocycles. The summed E-state index contributed by atoms with van der Waals surface area (Å²) in [6, 6.07) is 22.9. The number of para-hydroxylation sites is 1. The van der Waals surface area contributed by atoms with E-state index in [0.29, 0.717) is 22.2 Å². The Balaban J connectivity index is 1.58. The first kappa shape index (κ1) is 24.8. The van der Waals surface area contributed by atoms with Gasteiger partial charge in [0.2, 0.25) is 5.91 Å². The summed E-state index contributed by atoms with van der Waals surface area (Å²) in [4.78, 5) is 52.8. The third-order valence-corrected chi connectivity index (χ3v) is 6.07. The molecule has 0 saturated carbocycles. The van der Waals surface area contributed by atoms with E-state index in [4.69, 9.17) is 16.0 Å². The quantitative estimate of drug-likeness (QED) is 0.332. The lowest BCUT2D eigenvalue weighted by molar-refractivity contribution is -0.116. The van der Waals surface area contributed by atoms with Gasteiger partial charge in [-0.25, -0.2) is 9.36 Å². The Morgan fingerprint density at radius 1 is 0.895 bits per heavy atom. The lowest BCUT2D eigenvalue weighted by atomic mass is 10.1. The number of carbonyl (C=O) groups excluding carboxylic acids is 2. The third kappa shape index (κ3) is 5.14. The van der Waals surface area contributed by atoms with Crippen LogP contribution in [-0.4, -0.2) is 20.9 Å². The topological polar surface area (TPSA) is 115 Å². The maximum absolute atomic E-state index is 13.6. The van der Waals surface area contributed by atoms with Crippen molar-refractivity contribution in [1.29, 1.82) is 0 Å². The van der Waals surface area contributed by atoms with Crippen LogP contribution in [0.4, 0.5) is 5.69 Å². The minimum atomic E-state index is -0.719. The Bertz CT molecular complexity index is 1760. The number of carbonyl (C=O) groups is 2. The number of anilines is 1. The molecule has 2 aromatic heterocycles. The Morgan fingerprint density at radius 2 is 1.71 bits per heavy atom. The number of nitrogens with one attached hydrogen (secondary N) is 2. The van der Waals surface area contributed by atoms with Gasteiger partial charge in [0.15, 0.2) is 0 Å². The molecule has 2 amide bonds. The van der Waals surface area contributed by atoms with E-state index in [1.807, 2.05) is 0 Å². The minimum Gasteiger partial charge on any atom is -0.467 e. The predicted molar refractivity (Wildman–Crippen MR) is 144 cm³/mol. The van der Waals surface area contributed by atoms with Crippen LogP contribution in [0.5, 0.6) is 0 Å². The lowest BCUT2D eigenvalue weighted by Crippen LogP contribution is -2.41. The number of hydrogen-bond donors (Lipinski definition) is 2. The Kier molecular flexibility index (Phi) is 6.92. The molecular formula is C28H21ClN4O5.